The molecule has 2 heterocycles. The lowest BCUT2D eigenvalue weighted by atomic mass is 10.2. The van der Waals surface area contributed by atoms with E-state index in [-0.39, 0.29) is 5.91 Å². The molecule has 3 rings (SSSR count). The molecule has 110 valence electrons. The first kappa shape index (κ1) is 13.9. The number of benzene rings is 1. The van der Waals surface area contributed by atoms with E-state index in [1.54, 1.807) is 23.0 Å². The smallest absolute Gasteiger partial charge is 0.271 e. The van der Waals surface area contributed by atoms with Gasteiger partial charge in [0.2, 0.25) is 0 Å². The van der Waals surface area contributed by atoms with Crippen LogP contribution in [0.15, 0.2) is 61.1 Å². The lowest BCUT2D eigenvalue weighted by Crippen LogP contribution is -2.37. The minimum Gasteiger partial charge on any atom is -0.290 e. The van der Waals surface area contributed by atoms with Crippen LogP contribution in [0, 0.1) is 0 Å². The fraction of sp³-hybridized carbons (Fsp3) is 0.0667. The molecule has 0 fully saturated rings. The first-order valence-corrected chi connectivity index (χ1v) is 6.73. The summed E-state index contributed by atoms with van der Waals surface area (Å²) in [7, 11) is 0. The van der Waals surface area contributed by atoms with Crippen LogP contribution in [-0.2, 0) is 6.54 Å². The second kappa shape index (κ2) is 6.15. The van der Waals surface area contributed by atoms with Crippen molar-refractivity contribution in [3.8, 4) is 5.69 Å². The van der Waals surface area contributed by atoms with Gasteiger partial charge in [-0.25, -0.2) is 10.5 Å². The molecule has 1 aromatic carbocycles. The molecule has 3 aromatic rings. The van der Waals surface area contributed by atoms with Crippen molar-refractivity contribution in [2.45, 2.75) is 6.54 Å². The van der Waals surface area contributed by atoms with Crippen LogP contribution in [0.1, 0.15) is 16.1 Å². The zero-order valence-electron chi connectivity index (χ0n) is 11.8. The second-order valence-electron chi connectivity index (χ2n) is 4.73. The lowest BCUT2D eigenvalue weighted by molar-refractivity contribution is -0.689. The Labute approximate surface area is 127 Å². The van der Waals surface area contributed by atoms with Crippen LogP contribution in [0.2, 0.25) is 0 Å². The van der Waals surface area contributed by atoms with Gasteiger partial charge in [-0.05, 0) is 18.2 Å². The normalized spacial score (nSPS) is 10.4. The minimum absolute atomic E-state index is 0.331. The van der Waals surface area contributed by atoms with Crippen LogP contribution in [0.3, 0.4) is 0 Å². The Morgan fingerprint density at radius 3 is 2.82 bits per heavy atom. The van der Waals surface area contributed by atoms with Crippen LogP contribution in [-0.4, -0.2) is 20.9 Å². The third-order valence-electron chi connectivity index (χ3n) is 3.16. The molecule has 0 bridgehead atoms. The van der Waals surface area contributed by atoms with Crippen LogP contribution in [0.4, 0.5) is 0 Å². The Bertz CT molecular complexity index is 783. The SMILES string of the molecule is NNC(=O)c1ccc[n+](Cc2cn(-c3ccccc3)nn2)c1. The quantitative estimate of drug-likeness (QED) is 0.311. The van der Waals surface area contributed by atoms with Gasteiger partial charge in [0.05, 0.1) is 11.9 Å². The van der Waals surface area contributed by atoms with E-state index in [1.165, 1.54) is 0 Å². The van der Waals surface area contributed by atoms with Gasteiger partial charge in [0, 0.05) is 6.07 Å². The van der Waals surface area contributed by atoms with Crippen molar-refractivity contribution in [2.24, 2.45) is 5.84 Å². The van der Waals surface area contributed by atoms with E-state index in [0.717, 1.165) is 11.4 Å². The molecule has 2 aromatic heterocycles. The molecule has 0 radical (unpaired) electrons. The van der Waals surface area contributed by atoms with Crippen molar-refractivity contribution in [3.63, 3.8) is 0 Å². The maximum atomic E-state index is 11.5. The number of rotatable bonds is 4. The minimum atomic E-state index is -0.331. The molecule has 0 aliphatic heterocycles. The van der Waals surface area contributed by atoms with Gasteiger partial charge in [-0.3, -0.25) is 10.2 Å². The zero-order chi connectivity index (χ0) is 15.4. The highest BCUT2D eigenvalue weighted by atomic mass is 16.2. The highest BCUT2D eigenvalue weighted by Gasteiger charge is 2.12. The van der Waals surface area contributed by atoms with Gasteiger partial charge >= 0.3 is 0 Å². The molecule has 0 saturated carbocycles. The van der Waals surface area contributed by atoms with Crippen molar-refractivity contribution < 1.29 is 9.36 Å². The number of pyridine rings is 1. The standard InChI is InChI=1S/C15H14N6O/c16-17-15(22)12-5-4-8-20(9-12)10-13-11-21(19-18-13)14-6-2-1-3-7-14/h1-9,11H,10H2,(H2-,16,17,18,19,22)/p+1. The summed E-state index contributed by atoms with van der Waals surface area (Å²) in [5, 5.41) is 8.26. The lowest BCUT2D eigenvalue weighted by Gasteiger charge is -1.98. The van der Waals surface area contributed by atoms with Crippen molar-refractivity contribution in [2.75, 3.05) is 0 Å². The van der Waals surface area contributed by atoms with Gasteiger partial charge in [0.25, 0.3) is 5.91 Å². The number of aromatic nitrogens is 4. The van der Waals surface area contributed by atoms with E-state index in [4.69, 9.17) is 5.84 Å². The number of para-hydroxylation sites is 1. The Balaban J connectivity index is 1.80. The highest BCUT2D eigenvalue weighted by molar-refractivity contribution is 5.93. The number of hydrogen-bond acceptors (Lipinski definition) is 4. The summed E-state index contributed by atoms with van der Waals surface area (Å²) in [5.41, 5.74) is 4.34. The monoisotopic (exact) mass is 295 g/mol. The number of hydrogen-bond donors (Lipinski definition) is 2. The number of carbonyl (C=O) groups excluding carboxylic acids is 1. The predicted molar refractivity (Wildman–Crippen MR) is 78.8 cm³/mol. The molecule has 3 N–H and O–H groups in total. The van der Waals surface area contributed by atoms with E-state index < -0.39 is 0 Å². The number of nitrogens with one attached hydrogen (secondary N) is 1. The Kier molecular flexibility index (Phi) is 3.88. The number of carbonyl (C=O) groups is 1. The fourth-order valence-corrected chi connectivity index (χ4v) is 2.10. The molecule has 7 nitrogen and oxygen atoms in total. The maximum absolute atomic E-state index is 11.5. The molecule has 0 aliphatic carbocycles. The van der Waals surface area contributed by atoms with Crippen LogP contribution in [0.5, 0.6) is 0 Å². The Hall–Kier alpha value is -3.06. The number of nitrogens with two attached hydrogens (primary N) is 1. The summed E-state index contributed by atoms with van der Waals surface area (Å²) in [5.74, 6) is 4.81. The van der Waals surface area contributed by atoms with Crippen molar-refractivity contribution in [3.05, 3.63) is 72.3 Å². The summed E-state index contributed by atoms with van der Waals surface area (Å²) in [6, 6.07) is 13.2. The molecule has 1 amide bonds. The van der Waals surface area contributed by atoms with Crippen LogP contribution < -0.4 is 15.8 Å². The third kappa shape index (κ3) is 2.99. The Morgan fingerprint density at radius 2 is 2.05 bits per heavy atom. The average Bonchev–Trinajstić information content (AvgIpc) is 3.03. The Morgan fingerprint density at radius 1 is 1.23 bits per heavy atom. The fourth-order valence-electron chi connectivity index (χ4n) is 2.10. The van der Waals surface area contributed by atoms with Gasteiger partial charge < -0.3 is 0 Å². The summed E-state index contributed by atoms with van der Waals surface area (Å²) in [4.78, 5) is 11.5. The first-order chi connectivity index (χ1) is 10.8. The van der Waals surface area contributed by atoms with Gasteiger partial charge in [0.1, 0.15) is 11.3 Å². The van der Waals surface area contributed by atoms with Gasteiger partial charge in [-0.2, -0.15) is 4.57 Å². The van der Waals surface area contributed by atoms with Crippen molar-refractivity contribution in [1.82, 2.24) is 20.4 Å². The molecule has 22 heavy (non-hydrogen) atoms. The van der Waals surface area contributed by atoms with Crippen molar-refractivity contribution in [1.29, 1.82) is 0 Å². The van der Waals surface area contributed by atoms with Crippen LogP contribution >= 0.6 is 0 Å². The molecule has 0 atom stereocenters. The predicted octanol–water partition coefficient (Wildman–Crippen LogP) is 0.207. The van der Waals surface area contributed by atoms with E-state index in [1.807, 2.05) is 47.3 Å². The molecule has 0 spiro atoms. The molecular weight excluding hydrogens is 280 g/mol. The van der Waals surface area contributed by atoms with E-state index in [9.17, 15) is 4.79 Å². The topological polar surface area (TPSA) is 89.7 Å². The zero-order valence-corrected chi connectivity index (χ0v) is 11.8. The van der Waals surface area contributed by atoms with Crippen LogP contribution in [0.25, 0.3) is 5.69 Å². The molecular formula is C15H15N6O+. The average molecular weight is 295 g/mol. The highest BCUT2D eigenvalue weighted by Crippen LogP contribution is 2.05. The molecule has 0 saturated heterocycles. The summed E-state index contributed by atoms with van der Waals surface area (Å²) in [6.45, 7) is 0.512. The van der Waals surface area contributed by atoms with Gasteiger partial charge in [0.15, 0.2) is 18.9 Å². The van der Waals surface area contributed by atoms with E-state index in [0.29, 0.717) is 12.1 Å². The summed E-state index contributed by atoms with van der Waals surface area (Å²) < 4.78 is 3.57. The number of amides is 1. The number of hydrazine groups is 1. The summed E-state index contributed by atoms with van der Waals surface area (Å²) >= 11 is 0. The largest absolute Gasteiger partial charge is 0.290 e. The van der Waals surface area contributed by atoms with E-state index >= 15 is 0 Å². The van der Waals surface area contributed by atoms with Crippen molar-refractivity contribution >= 4 is 5.91 Å². The third-order valence-corrected chi connectivity index (χ3v) is 3.16. The van der Waals surface area contributed by atoms with Gasteiger partial charge in [-0.15, -0.1) is 5.10 Å². The maximum Gasteiger partial charge on any atom is 0.271 e. The summed E-state index contributed by atoms with van der Waals surface area (Å²) in [6.07, 6.45) is 5.43. The first-order valence-electron chi connectivity index (χ1n) is 6.73. The van der Waals surface area contributed by atoms with E-state index in [2.05, 4.69) is 15.7 Å². The number of nitrogen functional groups attached to an aromatic ring is 1. The molecule has 7 heteroatoms. The van der Waals surface area contributed by atoms with Gasteiger partial charge in [-0.1, -0.05) is 23.4 Å². The second-order valence-corrected chi connectivity index (χ2v) is 4.73. The molecule has 0 unspecified atom stereocenters. The number of nitrogens with zero attached hydrogens (tertiary/aromatic N) is 4. The molecule has 0 aliphatic rings.